The molecule has 1 aliphatic carbocycles. The number of aromatic nitrogens is 2. The van der Waals surface area contributed by atoms with Gasteiger partial charge in [-0.2, -0.15) is 0 Å². The van der Waals surface area contributed by atoms with E-state index in [1.54, 1.807) is 19.2 Å². The Hall–Kier alpha value is -3.46. The molecule has 0 unspecified atom stereocenters. The van der Waals surface area contributed by atoms with Gasteiger partial charge in [0.1, 0.15) is 18.8 Å². The molecule has 9 heteroatoms. The number of benzene rings is 1. The van der Waals surface area contributed by atoms with Crippen molar-refractivity contribution in [2.45, 2.75) is 0 Å². The Morgan fingerprint density at radius 1 is 1.04 bits per heavy atom. The lowest BCUT2D eigenvalue weighted by molar-refractivity contribution is -0.115. The summed E-state index contributed by atoms with van der Waals surface area (Å²) in [5.41, 5.74) is 6.03. The van der Waals surface area contributed by atoms with Gasteiger partial charge in [-0.1, -0.05) is 0 Å². The number of rotatable bonds is 7. The first-order valence-corrected chi connectivity index (χ1v) is 8.02. The van der Waals surface area contributed by atoms with Gasteiger partial charge in [-0.3, -0.25) is 9.59 Å². The monoisotopic (exact) mass is 370 g/mol. The van der Waals surface area contributed by atoms with Crippen molar-refractivity contribution < 1.29 is 23.8 Å². The molecule has 2 aromatic rings. The van der Waals surface area contributed by atoms with Crippen LogP contribution in [0.15, 0.2) is 42.0 Å². The molecule has 0 atom stereocenters. The number of anilines is 1. The number of nitrogens with zero attached hydrogens (tertiary/aromatic N) is 2. The van der Waals surface area contributed by atoms with E-state index in [0.717, 1.165) is 12.2 Å². The lowest BCUT2D eigenvalue weighted by Gasteiger charge is -2.15. The Kier molecular flexibility index (Phi) is 5.32. The number of nitrogens with one attached hydrogen (secondary N) is 1. The Labute approximate surface area is 154 Å². The Morgan fingerprint density at radius 2 is 1.85 bits per heavy atom. The molecule has 9 nitrogen and oxygen atoms in total. The summed E-state index contributed by atoms with van der Waals surface area (Å²) in [7, 11) is 3.10. The number of ether oxygens (including phenoxy) is 3. The first kappa shape index (κ1) is 18.3. The van der Waals surface area contributed by atoms with Crippen LogP contribution in [0.2, 0.25) is 0 Å². The third-order valence-electron chi connectivity index (χ3n) is 3.83. The summed E-state index contributed by atoms with van der Waals surface area (Å²) >= 11 is 0. The molecule has 0 saturated carbocycles. The van der Waals surface area contributed by atoms with Gasteiger partial charge in [-0.25, -0.2) is 9.97 Å². The predicted octanol–water partition coefficient (Wildman–Crippen LogP) is 0.954. The minimum atomic E-state index is -0.443. The molecule has 0 radical (unpaired) electrons. The van der Waals surface area contributed by atoms with Crippen LogP contribution < -0.4 is 20.5 Å². The summed E-state index contributed by atoms with van der Waals surface area (Å²) in [5, 5.41) is 3.47. The molecule has 0 aliphatic heterocycles. The molecule has 1 aromatic heterocycles. The van der Waals surface area contributed by atoms with Crippen molar-refractivity contribution in [2.75, 3.05) is 32.8 Å². The van der Waals surface area contributed by atoms with Crippen LogP contribution in [0.25, 0.3) is 10.9 Å². The lowest BCUT2D eigenvalue weighted by Crippen LogP contribution is -2.22. The molecule has 27 heavy (non-hydrogen) atoms. The Bertz CT molecular complexity index is 968. The maximum Gasteiger partial charge on any atom is 0.204 e. The molecule has 0 saturated heterocycles. The van der Waals surface area contributed by atoms with Gasteiger partial charge in [0.15, 0.2) is 11.5 Å². The van der Waals surface area contributed by atoms with Gasteiger partial charge in [-0.15, -0.1) is 0 Å². The van der Waals surface area contributed by atoms with Crippen molar-refractivity contribution in [3.8, 4) is 11.5 Å². The van der Waals surface area contributed by atoms with E-state index in [1.807, 2.05) is 0 Å². The molecule has 3 rings (SSSR count). The van der Waals surface area contributed by atoms with Gasteiger partial charge in [-0.05, 0) is 6.07 Å². The average molecular weight is 370 g/mol. The van der Waals surface area contributed by atoms with Crippen molar-refractivity contribution in [3.63, 3.8) is 0 Å². The van der Waals surface area contributed by atoms with Crippen molar-refractivity contribution in [2.24, 2.45) is 5.73 Å². The number of carbonyl (C=O) groups is 2. The SMILES string of the molecule is COCCOc1cc2ncnc(NC3=CC(=O)C(N)=CC3=O)c2cc1OC. The molecule has 1 aromatic carbocycles. The summed E-state index contributed by atoms with van der Waals surface area (Å²) in [6.07, 6.45) is 3.57. The minimum absolute atomic E-state index is 0.0774. The lowest BCUT2D eigenvalue weighted by atomic mass is 10.1. The highest BCUT2D eigenvalue weighted by Gasteiger charge is 2.20. The van der Waals surface area contributed by atoms with Crippen molar-refractivity contribution in [3.05, 3.63) is 42.0 Å². The van der Waals surface area contributed by atoms with Gasteiger partial charge in [0.05, 0.1) is 30.6 Å². The van der Waals surface area contributed by atoms with Crippen LogP contribution in [0.1, 0.15) is 0 Å². The van der Waals surface area contributed by atoms with Gasteiger partial charge < -0.3 is 25.3 Å². The van der Waals surface area contributed by atoms with Crippen molar-refractivity contribution >= 4 is 28.3 Å². The maximum atomic E-state index is 12.1. The van der Waals surface area contributed by atoms with E-state index in [0.29, 0.717) is 41.4 Å². The first-order chi connectivity index (χ1) is 13.0. The summed E-state index contributed by atoms with van der Waals surface area (Å²) in [6, 6.07) is 3.40. The summed E-state index contributed by atoms with van der Waals surface area (Å²) in [6.45, 7) is 0.782. The smallest absolute Gasteiger partial charge is 0.204 e. The first-order valence-electron chi connectivity index (χ1n) is 8.02. The average Bonchev–Trinajstić information content (AvgIpc) is 2.66. The largest absolute Gasteiger partial charge is 0.493 e. The molecule has 0 bridgehead atoms. The van der Waals surface area contributed by atoms with Crippen LogP contribution in [0.5, 0.6) is 11.5 Å². The molecule has 0 fully saturated rings. The van der Waals surface area contributed by atoms with Crippen LogP contribution in [0.3, 0.4) is 0 Å². The Morgan fingerprint density at radius 3 is 2.59 bits per heavy atom. The molecule has 0 amide bonds. The standard InChI is InChI=1S/C18H18N4O5/c1-25-3-4-27-17-8-12-10(5-16(17)26-2)18(21-9-20-12)22-13-7-14(23)11(19)6-15(13)24/h5-9H,3-4,19H2,1-2H3,(H,20,21,22). The van der Waals surface area contributed by atoms with Gasteiger partial charge in [0, 0.05) is 30.7 Å². The number of nitrogens with two attached hydrogens (primary N) is 1. The van der Waals surface area contributed by atoms with E-state index in [2.05, 4.69) is 15.3 Å². The van der Waals surface area contributed by atoms with E-state index in [4.69, 9.17) is 19.9 Å². The van der Waals surface area contributed by atoms with Gasteiger partial charge in [0.25, 0.3) is 0 Å². The number of carbonyl (C=O) groups excluding carboxylic acids is 2. The summed E-state index contributed by atoms with van der Waals surface area (Å²) < 4.78 is 16.0. The molecule has 1 heterocycles. The highest BCUT2D eigenvalue weighted by atomic mass is 16.5. The van der Waals surface area contributed by atoms with E-state index in [1.165, 1.54) is 13.4 Å². The van der Waals surface area contributed by atoms with E-state index in [9.17, 15) is 9.59 Å². The number of allylic oxidation sites excluding steroid dienone is 2. The van der Waals surface area contributed by atoms with Crippen LogP contribution in [-0.4, -0.2) is 49.0 Å². The minimum Gasteiger partial charge on any atom is -0.493 e. The van der Waals surface area contributed by atoms with E-state index in [-0.39, 0.29) is 11.4 Å². The molecule has 3 N–H and O–H groups in total. The number of methoxy groups -OCH3 is 2. The third-order valence-corrected chi connectivity index (χ3v) is 3.83. The Balaban J connectivity index is 1.96. The van der Waals surface area contributed by atoms with Crippen LogP contribution in [-0.2, 0) is 14.3 Å². The molecular formula is C18H18N4O5. The zero-order valence-electron chi connectivity index (χ0n) is 14.8. The second-order valence-electron chi connectivity index (χ2n) is 5.59. The summed E-state index contributed by atoms with van der Waals surface area (Å²) in [4.78, 5) is 32.2. The van der Waals surface area contributed by atoms with Crippen molar-refractivity contribution in [1.29, 1.82) is 0 Å². The van der Waals surface area contributed by atoms with E-state index >= 15 is 0 Å². The molecular weight excluding hydrogens is 352 g/mol. The topological polar surface area (TPSA) is 126 Å². The van der Waals surface area contributed by atoms with Crippen molar-refractivity contribution in [1.82, 2.24) is 9.97 Å². The van der Waals surface area contributed by atoms with Crippen LogP contribution in [0, 0.1) is 0 Å². The molecule has 0 spiro atoms. The number of hydrogen-bond donors (Lipinski definition) is 2. The molecule has 140 valence electrons. The zero-order chi connectivity index (χ0) is 19.4. The van der Waals surface area contributed by atoms with Gasteiger partial charge >= 0.3 is 0 Å². The second kappa shape index (κ2) is 7.83. The number of fused-ring (bicyclic) bond motifs is 1. The maximum absolute atomic E-state index is 12.1. The van der Waals surface area contributed by atoms with Crippen LogP contribution >= 0.6 is 0 Å². The number of hydrogen-bond acceptors (Lipinski definition) is 9. The fourth-order valence-corrected chi connectivity index (χ4v) is 2.47. The highest BCUT2D eigenvalue weighted by Crippen LogP contribution is 2.34. The third kappa shape index (κ3) is 3.87. The quantitative estimate of drug-likeness (QED) is 0.541. The fourth-order valence-electron chi connectivity index (χ4n) is 2.47. The number of ketones is 2. The predicted molar refractivity (Wildman–Crippen MR) is 97.5 cm³/mol. The van der Waals surface area contributed by atoms with E-state index < -0.39 is 11.6 Å². The zero-order valence-corrected chi connectivity index (χ0v) is 14.8. The fraction of sp³-hybridized carbons (Fsp3) is 0.222. The molecule has 1 aliphatic rings. The normalized spacial score (nSPS) is 14.0. The summed E-state index contributed by atoms with van der Waals surface area (Å²) in [5.74, 6) is 0.474. The second-order valence-corrected chi connectivity index (χ2v) is 5.59. The van der Waals surface area contributed by atoms with Crippen LogP contribution in [0.4, 0.5) is 5.82 Å². The highest BCUT2D eigenvalue weighted by molar-refractivity contribution is 6.20. The van der Waals surface area contributed by atoms with Gasteiger partial charge in [0.2, 0.25) is 11.6 Å².